The third kappa shape index (κ3) is 2.76. The van der Waals surface area contributed by atoms with Crippen molar-refractivity contribution in [2.75, 3.05) is 5.32 Å². The van der Waals surface area contributed by atoms with Crippen LogP contribution in [0.2, 0.25) is 0 Å². The summed E-state index contributed by atoms with van der Waals surface area (Å²) in [6.45, 7) is 1.82. The number of aryl methyl sites for hydroxylation is 1. The maximum Gasteiger partial charge on any atom is 0.347 e. The third-order valence-electron chi connectivity index (χ3n) is 3.59. The number of nitrogens with two attached hydrogens (primary N) is 1. The first-order valence-corrected chi connectivity index (χ1v) is 7.22. The topological polar surface area (TPSA) is 108 Å². The lowest BCUT2D eigenvalue weighted by Crippen LogP contribution is -2.21. The Labute approximate surface area is 137 Å². The zero-order chi connectivity index (χ0) is 17.3. The first-order valence-electron chi connectivity index (χ1n) is 7.22. The highest BCUT2D eigenvalue weighted by molar-refractivity contribution is 5.89. The lowest BCUT2D eigenvalue weighted by atomic mass is 10.1. The number of carbonyl (C=O) groups is 1. The number of urea groups is 1. The lowest BCUT2D eigenvalue weighted by Gasteiger charge is -2.07. The van der Waals surface area contributed by atoms with E-state index in [0.717, 1.165) is 11.3 Å². The molecule has 0 aliphatic heterocycles. The molecule has 2 aromatic heterocycles. The minimum absolute atomic E-state index is 0.352. The Kier molecular flexibility index (Phi) is 3.87. The molecular formula is C16H16N6O2. The minimum Gasteiger partial charge on any atom is -0.351 e. The molecule has 0 spiro atoms. The molecule has 1 aromatic carbocycles. The molecule has 8 nitrogen and oxygen atoms in total. The first kappa shape index (κ1) is 15.5. The van der Waals surface area contributed by atoms with Gasteiger partial charge in [-0.25, -0.2) is 19.3 Å². The van der Waals surface area contributed by atoms with Crippen LogP contribution in [0.25, 0.3) is 16.9 Å². The molecule has 8 heteroatoms. The summed E-state index contributed by atoms with van der Waals surface area (Å²) in [6, 6.07) is 8.67. The highest BCUT2D eigenvalue weighted by Crippen LogP contribution is 2.29. The van der Waals surface area contributed by atoms with Crippen LogP contribution < -0.4 is 16.7 Å². The molecule has 24 heavy (non-hydrogen) atoms. The normalized spacial score (nSPS) is 10.6. The van der Waals surface area contributed by atoms with Gasteiger partial charge in [-0.05, 0) is 19.1 Å². The predicted molar refractivity (Wildman–Crippen MR) is 90.0 cm³/mol. The number of nitrogens with zero attached hydrogens (tertiary/aromatic N) is 4. The molecule has 0 unspecified atom stereocenters. The van der Waals surface area contributed by atoms with E-state index in [-0.39, 0.29) is 5.69 Å². The number of benzene rings is 1. The minimum atomic E-state index is -0.680. The van der Waals surface area contributed by atoms with E-state index >= 15 is 0 Å². The molecular weight excluding hydrogens is 308 g/mol. The molecule has 0 atom stereocenters. The zero-order valence-corrected chi connectivity index (χ0v) is 13.2. The maximum absolute atomic E-state index is 11.5. The van der Waals surface area contributed by atoms with Crippen molar-refractivity contribution >= 4 is 11.8 Å². The largest absolute Gasteiger partial charge is 0.351 e. The van der Waals surface area contributed by atoms with E-state index in [9.17, 15) is 9.59 Å². The Morgan fingerprint density at radius 2 is 1.96 bits per heavy atom. The molecule has 0 fully saturated rings. The van der Waals surface area contributed by atoms with E-state index in [1.807, 2.05) is 37.3 Å². The van der Waals surface area contributed by atoms with Gasteiger partial charge in [0, 0.05) is 30.6 Å². The Morgan fingerprint density at radius 3 is 2.58 bits per heavy atom. The van der Waals surface area contributed by atoms with Crippen LogP contribution in [-0.4, -0.2) is 25.4 Å². The molecule has 0 saturated heterocycles. The number of aromatic nitrogens is 4. The fourth-order valence-electron chi connectivity index (χ4n) is 2.42. The number of anilines is 1. The van der Waals surface area contributed by atoms with Gasteiger partial charge in [0.1, 0.15) is 11.5 Å². The number of hydrogen-bond donors (Lipinski definition) is 2. The highest BCUT2D eigenvalue weighted by Gasteiger charge is 2.18. The summed E-state index contributed by atoms with van der Waals surface area (Å²) in [5.74, 6) is 0.470. The van der Waals surface area contributed by atoms with Crippen molar-refractivity contribution in [1.82, 2.24) is 19.3 Å². The number of primary amides is 1. The van der Waals surface area contributed by atoms with Crippen molar-refractivity contribution in [2.24, 2.45) is 12.8 Å². The first-order chi connectivity index (χ1) is 11.5. The second-order valence-corrected chi connectivity index (χ2v) is 5.29. The molecule has 122 valence electrons. The Balaban J connectivity index is 2.21. The summed E-state index contributed by atoms with van der Waals surface area (Å²) >= 11 is 0. The third-order valence-corrected chi connectivity index (χ3v) is 3.59. The van der Waals surface area contributed by atoms with Gasteiger partial charge in [0.15, 0.2) is 0 Å². The van der Waals surface area contributed by atoms with Gasteiger partial charge in [-0.3, -0.25) is 5.32 Å². The standard InChI is InChI=1S/C16H16N6O2/c1-10-13(11-8-18-16(24)21(2)9-11)20-22(14(10)19-15(17)23)12-6-4-3-5-7-12/h3-9H,1-2H3,(H3,17,19,23). The monoisotopic (exact) mass is 324 g/mol. The summed E-state index contributed by atoms with van der Waals surface area (Å²) < 4.78 is 2.97. The van der Waals surface area contributed by atoms with Crippen molar-refractivity contribution in [3.8, 4) is 16.9 Å². The van der Waals surface area contributed by atoms with Crippen LogP contribution in [0.15, 0.2) is 47.5 Å². The molecule has 0 bridgehead atoms. The molecule has 0 saturated carbocycles. The number of para-hydroxylation sites is 1. The van der Waals surface area contributed by atoms with E-state index in [4.69, 9.17) is 5.73 Å². The van der Waals surface area contributed by atoms with Gasteiger partial charge in [0.2, 0.25) is 0 Å². The average Bonchev–Trinajstić information content (AvgIpc) is 2.87. The van der Waals surface area contributed by atoms with Crippen molar-refractivity contribution in [3.63, 3.8) is 0 Å². The summed E-state index contributed by atoms with van der Waals surface area (Å²) in [7, 11) is 1.62. The number of carbonyl (C=O) groups excluding carboxylic acids is 1. The van der Waals surface area contributed by atoms with Gasteiger partial charge in [-0.2, -0.15) is 5.10 Å². The Morgan fingerprint density at radius 1 is 1.25 bits per heavy atom. The smallest absolute Gasteiger partial charge is 0.347 e. The van der Waals surface area contributed by atoms with Crippen molar-refractivity contribution in [3.05, 3.63) is 58.8 Å². The summed E-state index contributed by atoms with van der Waals surface area (Å²) in [4.78, 5) is 26.7. The number of rotatable bonds is 3. The Bertz CT molecular complexity index is 958. The quantitative estimate of drug-likeness (QED) is 0.759. The van der Waals surface area contributed by atoms with E-state index in [1.54, 1.807) is 17.9 Å². The SMILES string of the molecule is Cc1c(-c2cnc(=O)n(C)c2)nn(-c2ccccc2)c1NC(N)=O. The molecule has 0 aliphatic carbocycles. The van der Waals surface area contributed by atoms with Crippen LogP contribution in [0.3, 0.4) is 0 Å². The van der Waals surface area contributed by atoms with Gasteiger partial charge in [0.25, 0.3) is 0 Å². The average molecular weight is 324 g/mol. The fourth-order valence-corrected chi connectivity index (χ4v) is 2.42. The van der Waals surface area contributed by atoms with E-state index in [2.05, 4.69) is 15.4 Å². The second-order valence-electron chi connectivity index (χ2n) is 5.29. The van der Waals surface area contributed by atoms with Gasteiger partial charge in [-0.1, -0.05) is 18.2 Å². The Hall–Kier alpha value is -3.42. The molecule has 0 aliphatic rings. The number of nitrogens with one attached hydrogen (secondary N) is 1. The molecule has 0 radical (unpaired) electrons. The number of hydrogen-bond acceptors (Lipinski definition) is 4. The van der Waals surface area contributed by atoms with Crippen LogP contribution in [0.1, 0.15) is 5.56 Å². The van der Waals surface area contributed by atoms with Gasteiger partial charge >= 0.3 is 11.7 Å². The van der Waals surface area contributed by atoms with Crippen LogP contribution in [0.4, 0.5) is 10.6 Å². The summed E-state index contributed by atoms with van der Waals surface area (Å²) in [6.07, 6.45) is 3.11. The van der Waals surface area contributed by atoms with Crippen LogP contribution in [0, 0.1) is 6.92 Å². The lowest BCUT2D eigenvalue weighted by molar-refractivity contribution is 0.259. The fraction of sp³-hybridized carbons (Fsp3) is 0.125. The second kappa shape index (κ2) is 5.99. The van der Waals surface area contributed by atoms with Crippen molar-refractivity contribution in [1.29, 1.82) is 0 Å². The van der Waals surface area contributed by atoms with Crippen LogP contribution in [-0.2, 0) is 7.05 Å². The van der Waals surface area contributed by atoms with Gasteiger partial charge in [0.05, 0.1) is 5.69 Å². The molecule has 2 amide bonds. The van der Waals surface area contributed by atoms with E-state index < -0.39 is 6.03 Å². The zero-order valence-electron chi connectivity index (χ0n) is 13.2. The summed E-state index contributed by atoms with van der Waals surface area (Å²) in [5.41, 5.74) is 7.69. The van der Waals surface area contributed by atoms with Crippen molar-refractivity contribution in [2.45, 2.75) is 6.92 Å². The number of amides is 2. The molecule has 2 heterocycles. The molecule has 3 N–H and O–H groups in total. The van der Waals surface area contributed by atoms with Gasteiger partial charge in [-0.15, -0.1) is 0 Å². The maximum atomic E-state index is 11.5. The highest BCUT2D eigenvalue weighted by atomic mass is 16.2. The molecule has 3 rings (SSSR count). The van der Waals surface area contributed by atoms with Crippen molar-refractivity contribution < 1.29 is 4.79 Å². The van der Waals surface area contributed by atoms with Crippen LogP contribution >= 0.6 is 0 Å². The van der Waals surface area contributed by atoms with E-state index in [0.29, 0.717) is 17.1 Å². The van der Waals surface area contributed by atoms with Gasteiger partial charge < -0.3 is 10.3 Å². The van der Waals surface area contributed by atoms with Crippen LogP contribution in [0.5, 0.6) is 0 Å². The predicted octanol–water partition coefficient (Wildman–Crippen LogP) is 1.43. The summed E-state index contributed by atoms with van der Waals surface area (Å²) in [5, 5.41) is 7.17. The molecule has 3 aromatic rings. The van der Waals surface area contributed by atoms with E-state index in [1.165, 1.54) is 10.8 Å².